The van der Waals surface area contributed by atoms with Crippen molar-refractivity contribution in [1.82, 2.24) is 10.5 Å². The van der Waals surface area contributed by atoms with Crippen molar-refractivity contribution in [3.8, 4) is 11.3 Å². The summed E-state index contributed by atoms with van der Waals surface area (Å²) in [5.74, 6) is 0.816. The molecule has 0 spiro atoms. The lowest BCUT2D eigenvalue weighted by Crippen LogP contribution is -2.25. The number of nitrogens with zero attached hydrogens (tertiary/aromatic N) is 1. The SMILES string of the molecule is Cc1cc(-c2ccc(Cc3ccc(C(=O)NC4CC4)cc3)cc2)on1. The second-order valence-corrected chi connectivity index (χ2v) is 6.65. The van der Waals surface area contributed by atoms with Gasteiger partial charge in [0.05, 0.1) is 5.69 Å². The lowest BCUT2D eigenvalue weighted by atomic mass is 10.0. The summed E-state index contributed by atoms with van der Waals surface area (Å²) in [7, 11) is 0. The number of amides is 1. The second-order valence-electron chi connectivity index (χ2n) is 6.65. The van der Waals surface area contributed by atoms with Gasteiger partial charge >= 0.3 is 0 Å². The smallest absolute Gasteiger partial charge is 0.251 e. The summed E-state index contributed by atoms with van der Waals surface area (Å²) >= 11 is 0. The highest BCUT2D eigenvalue weighted by molar-refractivity contribution is 5.94. The molecule has 0 bridgehead atoms. The van der Waals surface area contributed by atoms with Gasteiger partial charge in [-0.25, -0.2) is 0 Å². The van der Waals surface area contributed by atoms with Crippen LogP contribution in [0.1, 0.15) is 40.0 Å². The van der Waals surface area contributed by atoms with E-state index in [-0.39, 0.29) is 5.91 Å². The van der Waals surface area contributed by atoms with Gasteiger partial charge < -0.3 is 9.84 Å². The number of carbonyl (C=O) groups excluding carboxylic acids is 1. The number of aromatic nitrogens is 1. The molecule has 4 rings (SSSR count). The van der Waals surface area contributed by atoms with Crippen molar-refractivity contribution in [2.24, 2.45) is 0 Å². The van der Waals surface area contributed by atoms with E-state index in [0.29, 0.717) is 6.04 Å². The fraction of sp³-hybridized carbons (Fsp3) is 0.238. The molecule has 0 unspecified atom stereocenters. The van der Waals surface area contributed by atoms with Crippen molar-refractivity contribution in [2.45, 2.75) is 32.2 Å². The topological polar surface area (TPSA) is 55.1 Å². The van der Waals surface area contributed by atoms with Gasteiger partial charge in [0, 0.05) is 23.2 Å². The average molecular weight is 332 g/mol. The maximum atomic E-state index is 12.0. The number of benzene rings is 2. The average Bonchev–Trinajstić information content (AvgIpc) is 3.34. The van der Waals surface area contributed by atoms with Crippen LogP contribution in [0.4, 0.5) is 0 Å². The largest absolute Gasteiger partial charge is 0.356 e. The van der Waals surface area contributed by atoms with Gasteiger partial charge in [-0.3, -0.25) is 4.79 Å². The van der Waals surface area contributed by atoms with Gasteiger partial charge in [0.25, 0.3) is 5.91 Å². The Morgan fingerprint density at radius 3 is 2.28 bits per heavy atom. The second kappa shape index (κ2) is 6.55. The molecule has 0 saturated heterocycles. The third kappa shape index (κ3) is 3.79. The Balaban J connectivity index is 1.42. The van der Waals surface area contributed by atoms with Crippen LogP contribution in [0.15, 0.2) is 59.1 Å². The number of rotatable bonds is 5. The molecule has 1 saturated carbocycles. The lowest BCUT2D eigenvalue weighted by molar-refractivity contribution is 0.0951. The fourth-order valence-corrected chi connectivity index (χ4v) is 2.79. The zero-order valence-corrected chi connectivity index (χ0v) is 14.2. The van der Waals surface area contributed by atoms with Crippen LogP contribution in [0.2, 0.25) is 0 Å². The third-order valence-electron chi connectivity index (χ3n) is 4.40. The first kappa shape index (κ1) is 15.6. The van der Waals surface area contributed by atoms with Crippen LogP contribution >= 0.6 is 0 Å². The summed E-state index contributed by atoms with van der Waals surface area (Å²) in [5.41, 5.74) is 5.04. The van der Waals surface area contributed by atoms with Gasteiger partial charge in [-0.2, -0.15) is 0 Å². The minimum atomic E-state index is 0.0285. The highest BCUT2D eigenvalue weighted by Gasteiger charge is 2.23. The first-order valence-corrected chi connectivity index (χ1v) is 8.60. The molecule has 4 heteroatoms. The van der Waals surface area contributed by atoms with Crippen LogP contribution in [0.5, 0.6) is 0 Å². The van der Waals surface area contributed by atoms with E-state index in [1.165, 1.54) is 11.1 Å². The molecule has 2 aromatic carbocycles. The lowest BCUT2D eigenvalue weighted by Gasteiger charge is -2.06. The van der Waals surface area contributed by atoms with E-state index < -0.39 is 0 Å². The zero-order valence-electron chi connectivity index (χ0n) is 14.2. The van der Waals surface area contributed by atoms with Crippen molar-refractivity contribution in [3.63, 3.8) is 0 Å². The zero-order chi connectivity index (χ0) is 17.2. The van der Waals surface area contributed by atoms with Gasteiger partial charge in [0.1, 0.15) is 0 Å². The van der Waals surface area contributed by atoms with E-state index in [1.807, 2.05) is 49.4 Å². The van der Waals surface area contributed by atoms with Gasteiger partial charge in [-0.1, -0.05) is 41.6 Å². The van der Waals surface area contributed by atoms with E-state index in [1.54, 1.807) is 0 Å². The van der Waals surface area contributed by atoms with Crippen molar-refractivity contribution < 1.29 is 9.32 Å². The van der Waals surface area contributed by atoms with Crippen LogP contribution in [-0.4, -0.2) is 17.1 Å². The van der Waals surface area contributed by atoms with E-state index >= 15 is 0 Å². The Labute approximate surface area is 146 Å². The molecule has 1 aromatic heterocycles. The highest BCUT2D eigenvalue weighted by Crippen LogP contribution is 2.22. The number of carbonyl (C=O) groups is 1. The number of aryl methyl sites for hydroxylation is 1. The molecule has 3 aromatic rings. The molecule has 1 N–H and O–H groups in total. The van der Waals surface area contributed by atoms with Crippen molar-refractivity contribution >= 4 is 5.91 Å². The summed E-state index contributed by atoms with van der Waals surface area (Å²) < 4.78 is 5.29. The van der Waals surface area contributed by atoms with E-state index in [9.17, 15) is 4.79 Å². The Morgan fingerprint density at radius 1 is 1.08 bits per heavy atom. The van der Waals surface area contributed by atoms with E-state index in [0.717, 1.165) is 41.8 Å². The Kier molecular flexibility index (Phi) is 4.10. The van der Waals surface area contributed by atoms with Crippen LogP contribution in [0, 0.1) is 6.92 Å². The first-order valence-electron chi connectivity index (χ1n) is 8.60. The molecule has 1 fully saturated rings. The predicted octanol–water partition coefficient (Wildman–Crippen LogP) is 4.13. The summed E-state index contributed by atoms with van der Waals surface area (Å²) in [6.07, 6.45) is 3.04. The summed E-state index contributed by atoms with van der Waals surface area (Å²) in [6, 6.07) is 18.5. The maximum Gasteiger partial charge on any atom is 0.251 e. The summed E-state index contributed by atoms with van der Waals surface area (Å²) in [4.78, 5) is 12.0. The van der Waals surface area contributed by atoms with E-state index in [2.05, 4.69) is 22.6 Å². The number of nitrogens with one attached hydrogen (secondary N) is 1. The Morgan fingerprint density at radius 2 is 1.72 bits per heavy atom. The van der Waals surface area contributed by atoms with Crippen LogP contribution in [0.3, 0.4) is 0 Å². The summed E-state index contributed by atoms with van der Waals surface area (Å²) in [6.45, 7) is 1.91. The third-order valence-corrected chi connectivity index (χ3v) is 4.40. The molecule has 1 amide bonds. The molecule has 126 valence electrons. The van der Waals surface area contributed by atoms with Crippen LogP contribution in [-0.2, 0) is 6.42 Å². The fourth-order valence-electron chi connectivity index (χ4n) is 2.79. The molecular formula is C21H20N2O2. The predicted molar refractivity (Wildman–Crippen MR) is 96.4 cm³/mol. The first-order chi connectivity index (χ1) is 12.2. The maximum absolute atomic E-state index is 12.0. The van der Waals surface area contributed by atoms with Crippen LogP contribution < -0.4 is 5.32 Å². The molecule has 1 heterocycles. The van der Waals surface area contributed by atoms with Crippen molar-refractivity contribution in [2.75, 3.05) is 0 Å². The Hall–Kier alpha value is -2.88. The standard InChI is InChI=1S/C21H20N2O2/c1-14-12-20(25-23-14)17-6-2-15(3-7-17)13-16-4-8-18(9-5-16)21(24)22-19-10-11-19/h2-9,12,19H,10-11,13H2,1H3,(H,22,24). The molecule has 0 aliphatic heterocycles. The minimum Gasteiger partial charge on any atom is -0.356 e. The monoisotopic (exact) mass is 332 g/mol. The molecule has 4 nitrogen and oxygen atoms in total. The molecule has 1 aliphatic carbocycles. The van der Waals surface area contributed by atoms with Crippen molar-refractivity contribution in [3.05, 3.63) is 77.0 Å². The van der Waals surface area contributed by atoms with E-state index in [4.69, 9.17) is 4.52 Å². The molecule has 1 aliphatic rings. The quantitative estimate of drug-likeness (QED) is 0.764. The summed E-state index contributed by atoms with van der Waals surface area (Å²) in [5, 5.41) is 6.93. The Bertz CT molecular complexity index is 875. The van der Waals surface area contributed by atoms with Gasteiger partial charge in [0.15, 0.2) is 5.76 Å². The molecular weight excluding hydrogens is 312 g/mol. The minimum absolute atomic E-state index is 0.0285. The number of hydrogen-bond donors (Lipinski definition) is 1. The van der Waals surface area contributed by atoms with Crippen molar-refractivity contribution in [1.29, 1.82) is 0 Å². The van der Waals surface area contributed by atoms with Gasteiger partial charge in [-0.15, -0.1) is 0 Å². The highest BCUT2D eigenvalue weighted by atomic mass is 16.5. The number of hydrogen-bond acceptors (Lipinski definition) is 3. The van der Waals surface area contributed by atoms with Gasteiger partial charge in [0.2, 0.25) is 0 Å². The molecule has 25 heavy (non-hydrogen) atoms. The molecule has 0 atom stereocenters. The molecule has 0 radical (unpaired) electrons. The normalized spacial score (nSPS) is 13.6. The van der Waals surface area contributed by atoms with Gasteiger partial charge in [-0.05, 0) is 49.4 Å². The van der Waals surface area contributed by atoms with Crippen LogP contribution in [0.25, 0.3) is 11.3 Å².